The average molecular weight is 305 g/mol. The molecule has 0 aromatic heterocycles. The van der Waals surface area contributed by atoms with Crippen molar-refractivity contribution in [3.63, 3.8) is 0 Å². The van der Waals surface area contributed by atoms with Gasteiger partial charge in [-0.05, 0) is 58.0 Å². The Kier molecular flexibility index (Phi) is 7.43. The Bertz CT molecular complexity index is 363. The molecule has 0 amide bonds. The summed E-state index contributed by atoms with van der Waals surface area (Å²) in [6, 6.07) is 0.0115. The summed E-state index contributed by atoms with van der Waals surface area (Å²) in [5.41, 5.74) is 0. The van der Waals surface area contributed by atoms with Gasteiger partial charge in [0.15, 0.2) is 0 Å². The standard InChI is InChI=1S/C14H31N3O2S/c1-12(2)5-6-13(3)16-20(18,19)17-9-7-14(8-10-17)11-15-4/h12-16H,5-11H2,1-4H3. The van der Waals surface area contributed by atoms with Gasteiger partial charge in [0.05, 0.1) is 0 Å². The van der Waals surface area contributed by atoms with Crippen molar-refractivity contribution >= 4 is 10.2 Å². The first kappa shape index (κ1) is 17.9. The molecule has 1 fully saturated rings. The summed E-state index contributed by atoms with van der Waals surface area (Å²) in [5, 5.41) is 3.17. The van der Waals surface area contributed by atoms with Crippen LogP contribution >= 0.6 is 0 Å². The molecule has 1 atom stereocenters. The highest BCUT2D eigenvalue weighted by atomic mass is 32.2. The lowest BCUT2D eigenvalue weighted by Gasteiger charge is -2.32. The summed E-state index contributed by atoms with van der Waals surface area (Å²) in [6.45, 7) is 8.53. The fraction of sp³-hybridized carbons (Fsp3) is 1.00. The van der Waals surface area contributed by atoms with Crippen LogP contribution in [0.1, 0.15) is 46.5 Å². The Hall–Kier alpha value is -0.170. The van der Waals surface area contributed by atoms with Gasteiger partial charge in [0.25, 0.3) is 10.2 Å². The van der Waals surface area contributed by atoms with Crippen LogP contribution in [-0.4, -0.2) is 45.4 Å². The lowest BCUT2D eigenvalue weighted by molar-refractivity contribution is 0.266. The minimum atomic E-state index is -3.31. The van der Waals surface area contributed by atoms with E-state index in [1.807, 2.05) is 14.0 Å². The minimum absolute atomic E-state index is 0.0115. The first-order valence-electron chi connectivity index (χ1n) is 7.77. The second-order valence-electron chi connectivity index (χ2n) is 6.40. The van der Waals surface area contributed by atoms with Gasteiger partial charge < -0.3 is 5.32 Å². The molecule has 0 spiro atoms. The van der Waals surface area contributed by atoms with Crippen molar-refractivity contribution in [2.45, 2.75) is 52.5 Å². The number of hydrogen-bond acceptors (Lipinski definition) is 3. The van der Waals surface area contributed by atoms with E-state index >= 15 is 0 Å². The van der Waals surface area contributed by atoms with E-state index in [2.05, 4.69) is 23.9 Å². The zero-order chi connectivity index (χ0) is 15.2. The molecule has 6 heteroatoms. The van der Waals surface area contributed by atoms with Crippen LogP contribution in [0.3, 0.4) is 0 Å². The van der Waals surface area contributed by atoms with Crippen molar-refractivity contribution < 1.29 is 8.42 Å². The fourth-order valence-electron chi connectivity index (χ4n) is 2.61. The monoisotopic (exact) mass is 305 g/mol. The first-order chi connectivity index (χ1) is 9.35. The highest BCUT2D eigenvalue weighted by Gasteiger charge is 2.28. The van der Waals surface area contributed by atoms with Crippen LogP contribution in [0.25, 0.3) is 0 Å². The maximum absolute atomic E-state index is 12.3. The van der Waals surface area contributed by atoms with Gasteiger partial charge in [-0.3, -0.25) is 0 Å². The van der Waals surface area contributed by atoms with E-state index in [0.29, 0.717) is 24.9 Å². The number of hydrogen-bond donors (Lipinski definition) is 2. The van der Waals surface area contributed by atoms with Gasteiger partial charge in [0.2, 0.25) is 0 Å². The normalized spacial score (nSPS) is 20.4. The van der Waals surface area contributed by atoms with Crippen LogP contribution in [0, 0.1) is 11.8 Å². The SMILES string of the molecule is CNCC1CCN(S(=O)(=O)NC(C)CCC(C)C)CC1. The van der Waals surface area contributed by atoms with E-state index in [-0.39, 0.29) is 6.04 Å². The first-order valence-corrected chi connectivity index (χ1v) is 9.21. The molecule has 0 aromatic carbocycles. The molecule has 0 radical (unpaired) electrons. The molecule has 120 valence electrons. The van der Waals surface area contributed by atoms with E-state index in [1.54, 1.807) is 4.31 Å². The highest BCUT2D eigenvalue weighted by molar-refractivity contribution is 7.87. The molecule has 1 heterocycles. The molecular weight excluding hydrogens is 274 g/mol. The Morgan fingerprint density at radius 2 is 1.75 bits per heavy atom. The number of rotatable bonds is 8. The van der Waals surface area contributed by atoms with E-state index in [0.717, 1.165) is 32.2 Å². The zero-order valence-corrected chi connectivity index (χ0v) is 14.2. The second-order valence-corrected chi connectivity index (χ2v) is 8.10. The summed E-state index contributed by atoms with van der Waals surface area (Å²) >= 11 is 0. The maximum atomic E-state index is 12.3. The molecule has 1 rings (SSSR count). The maximum Gasteiger partial charge on any atom is 0.279 e. The summed E-state index contributed by atoms with van der Waals surface area (Å²) < 4.78 is 29.0. The van der Waals surface area contributed by atoms with E-state index < -0.39 is 10.2 Å². The predicted molar refractivity (Wildman–Crippen MR) is 83.8 cm³/mol. The molecular formula is C14H31N3O2S. The van der Waals surface area contributed by atoms with E-state index in [1.165, 1.54) is 0 Å². The Morgan fingerprint density at radius 1 is 1.15 bits per heavy atom. The van der Waals surface area contributed by atoms with Gasteiger partial charge in [0.1, 0.15) is 0 Å². The van der Waals surface area contributed by atoms with E-state index in [4.69, 9.17) is 0 Å². The van der Waals surface area contributed by atoms with Gasteiger partial charge in [-0.15, -0.1) is 0 Å². The van der Waals surface area contributed by atoms with Crippen LogP contribution in [0.15, 0.2) is 0 Å². The van der Waals surface area contributed by atoms with Crippen LogP contribution in [0.4, 0.5) is 0 Å². The average Bonchev–Trinajstić information content (AvgIpc) is 2.37. The van der Waals surface area contributed by atoms with Crippen molar-refractivity contribution in [3.05, 3.63) is 0 Å². The molecule has 0 aromatic rings. The molecule has 0 aliphatic carbocycles. The molecule has 1 saturated heterocycles. The van der Waals surface area contributed by atoms with Crippen LogP contribution in [0.2, 0.25) is 0 Å². The van der Waals surface area contributed by atoms with Gasteiger partial charge in [-0.25, -0.2) is 0 Å². The Morgan fingerprint density at radius 3 is 2.25 bits per heavy atom. The molecule has 2 N–H and O–H groups in total. The van der Waals surface area contributed by atoms with Crippen LogP contribution < -0.4 is 10.0 Å². The number of nitrogens with zero attached hydrogens (tertiary/aromatic N) is 1. The van der Waals surface area contributed by atoms with E-state index in [9.17, 15) is 8.42 Å². The Labute approximate surface area is 124 Å². The van der Waals surface area contributed by atoms with Crippen molar-refractivity contribution in [2.75, 3.05) is 26.7 Å². The lowest BCUT2D eigenvalue weighted by atomic mass is 9.98. The minimum Gasteiger partial charge on any atom is -0.319 e. The van der Waals surface area contributed by atoms with Gasteiger partial charge in [-0.1, -0.05) is 13.8 Å². The van der Waals surface area contributed by atoms with Gasteiger partial charge >= 0.3 is 0 Å². The summed E-state index contributed by atoms with van der Waals surface area (Å²) in [5.74, 6) is 1.21. The van der Waals surface area contributed by atoms with Crippen molar-refractivity contribution in [1.82, 2.24) is 14.3 Å². The third-order valence-corrected chi connectivity index (χ3v) is 5.68. The second kappa shape index (κ2) is 8.32. The van der Waals surface area contributed by atoms with Crippen LogP contribution in [-0.2, 0) is 10.2 Å². The van der Waals surface area contributed by atoms with Gasteiger partial charge in [-0.2, -0.15) is 17.4 Å². The van der Waals surface area contributed by atoms with Crippen molar-refractivity contribution in [2.24, 2.45) is 11.8 Å². The largest absolute Gasteiger partial charge is 0.319 e. The summed E-state index contributed by atoms with van der Waals surface area (Å²) in [6.07, 6.45) is 3.84. The summed E-state index contributed by atoms with van der Waals surface area (Å²) in [7, 11) is -1.36. The Balaban J connectivity index is 2.41. The molecule has 0 bridgehead atoms. The molecule has 1 aliphatic heterocycles. The quantitative estimate of drug-likeness (QED) is 0.716. The third kappa shape index (κ3) is 6.08. The fourth-order valence-corrected chi connectivity index (χ4v) is 4.08. The lowest BCUT2D eigenvalue weighted by Crippen LogP contribution is -2.48. The van der Waals surface area contributed by atoms with Crippen LogP contribution in [0.5, 0.6) is 0 Å². The number of piperidine rings is 1. The molecule has 5 nitrogen and oxygen atoms in total. The summed E-state index contributed by atoms with van der Waals surface area (Å²) in [4.78, 5) is 0. The highest BCUT2D eigenvalue weighted by Crippen LogP contribution is 2.19. The van der Waals surface area contributed by atoms with Crippen molar-refractivity contribution in [3.8, 4) is 0 Å². The molecule has 20 heavy (non-hydrogen) atoms. The smallest absolute Gasteiger partial charge is 0.279 e. The molecule has 1 unspecified atom stereocenters. The predicted octanol–water partition coefficient (Wildman–Crippen LogP) is 1.58. The number of nitrogens with one attached hydrogen (secondary N) is 2. The topological polar surface area (TPSA) is 61.4 Å². The van der Waals surface area contributed by atoms with Crippen molar-refractivity contribution in [1.29, 1.82) is 0 Å². The molecule has 0 saturated carbocycles. The molecule has 1 aliphatic rings. The zero-order valence-electron chi connectivity index (χ0n) is 13.4. The van der Waals surface area contributed by atoms with Gasteiger partial charge in [0, 0.05) is 19.1 Å². The third-order valence-electron chi connectivity index (χ3n) is 3.93.